The molecule has 20 heavy (non-hydrogen) atoms. The summed E-state index contributed by atoms with van der Waals surface area (Å²) < 4.78 is 0. The molecule has 0 unspecified atom stereocenters. The fraction of sp³-hybridized carbons (Fsp3) is 0.941. The van der Waals surface area contributed by atoms with Gasteiger partial charge in [0, 0.05) is 25.0 Å². The number of nitrogens with two attached hydrogens (primary N) is 1. The first-order valence-corrected chi connectivity index (χ1v) is 8.79. The summed E-state index contributed by atoms with van der Waals surface area (Å²) in [5.41, 5.74) is 6.13. The van der Waals surface area contributed by atoms with Crippen LogP contribution in [0.25, 0.3) is 0 Å². The maximum Gasteiger partial charge on any atom is 0.223 e. The Balaban J connectivity index is 1.54. The lowest BCUT2D eigenvalue weighted by Crippen LogP contribution is -2.40. The number of carbonyl (C=O) groups excluding carboxylic acids is 1. The molecule has 0 spiro atoms. The molecule has 3 aliphatic rings. The lowest BCUT2D eigenvalue weighted by molar-refractivity contribution is -0.133. The maximum absolute atomic E-state index is 12.7. The highest BCUT2D eigenvalue weighted by molar-refractivity contribution is 5.77. The van der Waals surface area contributed by atoms with Crippen molar-refractivity contribution in [3.05, 3.63) is 0 Å². The minimum Gasteiger partial charge on any atom is -0.339 e. The van der Waals surface area contributed by atoms with Gasteiger partial charge in [-0.25, -0.2) is 0 Å². The van der Waals surface area contributed by atoms with Crippen LogP contribution < -0.4 is 5.73 Å². The Morgan fingerprint density at radius 1 is 0.950 bits per heavy atom. The van der Waals surface area contributed by atoms with Gasteiger partial charge in [-0.1, -0.05) is 25.7 Å². The van der Waals surface area contributed by atoms with Crippen LogP contribution in [-0.4, -0.2) is 29.4 Å². The zero-order valence-corrected chi connectivity index (χ0v) is 12.7. The number of carbonyl (C=O) groups is 1. The van der Waals surface area contributed by atoms with Gasteiger partial charge >= 0.3 is 0 Å². The molecule has 3 nitrogen and oxygen atoms in total. The van der Waals surface area contributed by atoms with Crippen molar-refractivity contribution in [3.63, 3.8) is 0 Å². The standard InChI is InChI=1S/C17H30N2O/c18-16-8-4-7-14(16)11-17(20)19(15-9-10-15)12-13-5-2-1-3-6-13/h13-16H,1-12,18H2/t14-,16+/m0/s1. The third kappa shape index (κ3) is 3.55. The number of hydrogen-bond acceptors (Lipinski definition) is 2. The fourth-order valence-corrected chi connectivity index (χ4v) is 4.15. The SMILES string of the molecule is N[C@@H]1CCC[C@H]1CC(=O)N(CC1CCCCC1)C1CC1. The van der Waals surface area contributed by atoms with Crippen molar-refractivity contribution in [2.24, 2.45) is 17.6 Å². The zero-order chi connectivity index (χ0) is 13.9. The van der Waals surface area contributed by atoms with Crippen molar-refractivity contribution >= 4 is 5.91 Å². The Morgan fingerprint density at radius 2 is 1.70 bits per heavy atom. The molecule has 0 aromatic heterocycles. The molecule has 0 saturated heterocycles. The molecule has 0 aromatic carbocycles. The molecule has 0 heterocycles. The first kappa shape index (κ1) is 14.4. The molecule has 3 fully saturated rings. The lowest BCUT2D eigenvalue weighted by atomic mass is 9.88. The second-order valence-corrected chi connectivity index (χ2v) is 7.34. The van der Waals surface area contributed by atoms with Gasteiger partial charge in [0.1, 0.15) is 0 Å². The topological polar surface area (TPSA) is 46.3 Å². The van der Waals surface area contributed by atoms with Crippen molar-refractivity contribution < 1.29 is 4.79 Å². The summed E-state index contributed by atoms with van der Waals surface area (Å²) in [6.45, 7) is 1.03. The van der Waals surface area contributed by atoms with E-state index in [2.05, 4.69) is 4.90 Å². The van der Waals surface area contributed by atoms with Crippen molar-refractivity contribution in [1.82, 2.24) is 4.90 Å². The first-order valence-electron chi connectivity index (χ1n) is 8.79. The van der Waals surface area contributed by atoms with Gasteiger partial charge in [0.25, 0.3) is 0 Å². The molecule has 114 valence electrons. The molecule has 0 aromatic rings. The zero-order valence-electron chi connectivity index (χ0n) is 12.7. The van der Waals surface area contributed by atoms with Gasteiger partial charge in [-0.15, -0.1) is 0 Å². The molecule has 3 saturated carbocycles. The van der Waals surface area contributed by atoms with E-state index in [1.54, 1.807) is 0 Å². The molecule has 2 atom stereocenters. The molecule has 3 aliphatic carbocycles. The van der Waals surface area contributed by atoms with E-state index in [9.17, 15) is 4.79 Å². The van der Waals surface area contributed by atoms with Crippen molar-refractivity contribution in [3.8, 4) is 0 Å². The first-order chi connectivity index (χ1) is 9.74. The van der Waals surface area contributed by atoms with E-state index in [-0.39, 0.29) is 6.04 Å². The van der Waals surface area contributed by atoms with Gasteiger partial charge in [0.2, 0.25) is 5.91 Å². The average Bonchev–Trinajstić information content (AvgIpc) is 3.22. The van der Waals surface area contributed by atoms with E-state index >= 15 is 0 Å². The van der Waals surface area contributed by atoms with E-state index in [1.165, 1.54) is 51.4 Å². The second-order valence-electron chi connectivity index (χ2n) is 7.34. The summed E-state index contributed by atoms with van der Waals surface area (Å²) >= 11 is 0. The van der Waals surface area contributed by atoms with Gasteiger partial charge in [0.15, 0.2) is 0 Å². The fourth-order valence-electron chi connectivity index (χ4n) is 4.15. The molecule has 3 rings (SSSR count). The highest BCUT2D eigenvalue weighted by Crippen LogP contribution is 2.34. The van der Waals surface area contributed by atoms with Crippen molar-refractivity contribution in [2.45, 2.75) is 82.7 Å². The summed E-state index contributed by atoms with van der Waals surface area (Å²) in [6.07, 6.45) is 13.5. The van der Waals surface area contributed by atoms with Crippen LogP contribution >= 0.6 is 0 Å². The van der Waals surface area contributed by atoms with Crippen molar-refractivity contribution in [1.29, 1.82) is 0 Å². The molecule has 1 amide bonds. The van der Waals surface area contributed by atoms with Crippen LogP contribution in [0.4, 0.5) is 0 Å². The number of hydrogen-bond donors (Lipinski definition) is 1. The van der Waals surface area contributed by atoms with E-state index in [0.29, 0.717) is 24.3 Å². The Morgan fingerprint density at radius 3 is 2.30 bits per heavy atom. The monoisotopic (exact) mass is 278 g/mol. The smallest absolute Gasteiger partial charge is 0.223 e. The number of nitrogens with zero attached hydrogens (tertiary/aromatic N) is 1. The third-order valence-corrected chi connectivity index (χ3v) is 5.64. The van der Waals surface area contributed by atoms with Gasteiger partial charge in [-0.05, 0) is 50.4 Å². The minimum atomic E-state index is 0.273. The van der Waals surface area contributed by atoms with Crippen LogP contribution in [0.1, 0.15) is 70.6 Å². The molecule has 0 bridgehead atoms. The Labute approximate surface area is 123 Å². The normalized spacial score (nSPS) is 31.4. The molecule has 0 aliphatic heterocycles. The highest BCUT2D eigenvalue weighted by atomic mass is 16.2. The molecule has 0 radical (unpaired) electrons. The minimum absolute atomic E-state index is 0.273. The highest BCUT2D eigenvalue weighted by Gasteiger charge is 2.36. The molecular formula is C17H30N2O. The maximum atomic E-state index is 12.7. The van der Waals surface area contributed by atoms with E-state index < -0.39 is 0 Å². The molecule has 2 N–H and O–H groups in total. The molecular weight excluding hydrogens is 248 g/mol. The Bertz CT molecular complexity index is 334. The Hall–Kier alpha value is -0.570. The quantitative estimate of drug-likeness (QED) is 0.840. The second kappa shape index (κ2) is 6.46. The van der Waals surface area contributed by atoms with Gasteiger partial charge < -0.3 is 10.6 Å². The summed E-state index contributed by atoms with van der Waals surface area (Å²) in [5.74, 6) is 1.63. The van der Waals surface area contributed by atoms with Gasteiger partial charge in [0.05, 0.1) is 0 Å². The predicted octanol–water partition coefficient (Wildman–Crippen LogP) is 3.08. The van der Waals surface area contributed by atoms with Crippen LogP contribution in [-0.2, 0) is 4.79 Å². The van der Waals surface area contributed by atoms with Gasteiger partial charge in [-0.2, -0.15) is 0 Å². The summed E-state index contributed by atoms with van der Waals surface area (Å²) in [6, 6.07) is 0.844. The van der Waals surface area contributed by atoms with Crippen LogP contribution in [0.15, 0.2) is 0 Å². The largest absolute Gasteiger partial charge is 0.339 e. The van der Waals surface area contributed by atoms with Crippen LogP contribution in [0, 0.1) is 11.8 Å². The lowest BCUT2D eigenvalue weighted by Gasteiger charge is -2.31. The van der Waals surface area contributed by atoms with Crippen molar-refractivity contribution in [2.75, 3.05) is 6.54 Å². The summed E-state index contributed by atoms with van der Waals surface area (Å²) in [4.78, 5) is 14.9. The van der Waals surface area contributed by atoms with Crippen LogP contribution in [0.5, 0.6) is 0 Å². The summed E-state index contributed by atoms with van der Waals surface area (Å²) in [5, 5.41) is 0. The van der Waals surface area contributed by atoms with Crippen LogP contribution in [0.2, 0.25) is 0 Å². The Kier molecular flexibility index (Phi) is 4.65. The van der Waals surface area contributed by atoms with Gasteiger partial charge in [-0.3, -0.25) is 4.79 Å². The predicted molar refractivity (Wildman–Crippen MR) is 81.2 cm³/mol. The van der Waals surface area contributed by atoms with E-state index in [0.717, 1.165) is 25.3 Å². The van der Waals surface area contributed by atoms with E-state index in [4.69, 9.17) is 5.73 Å². The molecule has 3 heteroatoms. The number of amides is 1. The van der Waals surface area contributed by atoms with E-state index in [1.807, 2.05) is 0 Å². The average molecular weight is 278 g/mol. The number of rotatable bonds is 5. The summed E-state index contributed by atoms with van der Waals surface area (Å²) in [7, 11) is 0. The third-order valence-electron chi connectivity index (χ3n) is 5.64. The van der Waals surface area contributed by atoms with Crippen LogP contribution in [0.3, 0.4) is 0 Å².